The normalized spacial score (nSPS) is 13.6. The van der Waals surface area contributed by atoms with E-state index in [0.29, 0.717) is 8.09 Å². The van der Waals surface area contributed by atoms with E-state index in [-0.39, 0.29) is 11.6 Å². The minimum absolute atomic E-state index is 0.277. The maximum absolute atomic E-state index is 16.8. The fourth-order valence-electron chi connectivity index (χ4n) is 9.75. The topological polar surface area (TPSA) is 34.1 Å². The van der Waals surface area contributed by atoms with E-state index < -0.39 is 33.4 Å². The molecule has 0 bridgehead atoms. The Morgan fingerprint density at radius 3 is 0.705 bits per heavy atom. The van der Waals surface area contributed by atoms with Crippen molar-refractivity contribution in [2.75, 3.05) is 0 Å². The van der Waals surface area contributed by atoms with Crippen LogP contribution in [-0.2, 0) is 32.0 Å². The Morgan fingerprint density at radius 2 is 0.487 bits per heavy atom. The van der Waals surface area contributed by atoms with Crippen LogP contribution in [0.3, 0.4) is 0 Å². The summed E-state index contributed by atoms with van der Waals surface area (Å²) in [5.74, 6) is -0.555. The molecule has 0 N–H and O–H groups in total. The van der Waals surface area contributed by atoms with E-state index in [1.165, 1.54) is 0 Å². The van der Waals surface area contributed by atoms with Gasteiger partial charge in [-0.3, -0.25) is 0 Å². The van der Waals surface area contributed by atoms with Crippen LogP contribution in [0.2, 0.25) is 0 Å². The molecular formula is C70H58Cl2O2P2Pd2. The van der Waals surface area contributed by atoms with Gasteiger partial charge in [0.2, 0.25) is 0 Å². The molecule has 0 aliphatic heterocycles. The second kappa shape index (κ2) is 24.9. The predicted molar refractivity (Wildman–Crippen MR) is 335 cm³/mol. The molecule has 78 heavy (non-hydrogen) atoms. The Bertz CT molecular complexity index is 3280. The first kappa shape index (κ1) is 54.6. The Hall–Kier alpha value is -6.74. The number of carbonyl (C=O) groups excluding carboxylic acids is 2. The van der Waals surface area contributed by atoms with Gasteiger partial charge in [0.25, 0.3) is 0 Å². The molecule has 0 unspecified atom stereocenters. The van der Waals surface area contributed by atoms with Gasteiger partial charge in [-0.15, -0.1) is 0 Å². The number of allylic oxidation sites excluding steroid dienone is 4. The molecule has 0 radical (unpaired) electrons. The number of hydrogen-bond donors (Lipinski definition) is 0. The molecule has 8 heteroatoms. The summed E-state index contributed by atoms with van der Waals surface area (Å²) in [5, 5.41) is 5.88. The van der Waals surface area contributed by atoms with Crippen molar-refractivity contribution in [1.29, 1.82) is 0 Å². The molecule has 0 aromatic heterocycles. The van der Waals surface area contributed by atoms with E-state index in [9.17, 15) is 19.1 Å². The van der Waals surface area contributed by atoms with E-state index in [0.717, 1.165) is 54.1 Å². The Kier molecular flexibility index (Phi) is 17.5. The average molecular weight is 1280 g/mol. The van der Waals surface area contributed by atoms with Crippen LogP contribution in [0.25, 0.3) is 24.3 Å². The molecule has 0 aliphatic carbocycles. The van der Waals surface area contributed by atoms with Crippen molar-refractivity contribution in [3.8, 4) is 0 Å². The molecule has 0 fully saturated rings. The van der Waals surface area contributed by atoms with Gasteiger partial charge >= 0.3 is 476 Å². The van der Waals surface area contributed by atoms with Crippen molar-refractivity contribution in [3.05, 3.63) is 346 Å². The zero-order valence-corrected chi connectivity index (χ0v) is 49.2. The first-order valence-corrected chi connectivity index (χ1v) is 42.7. The molecule has 0 saturated carbocycles. The summed E-state index contributed by atoms with van der Waals surface area (Å²) >= 11 is -3.61. The summed E-state index contributed by atoms with van der Waals surface area (Å²) in [6.07, 6.45) is 11.1. The van der Waals surface area contributed by atoms with Crippen molar-refractivity contribution in [1.82, 2.24) is 0 Å². The Morgan fingerprint density at radius 1 is 0.295 bits per heavy atom. The fraction of sp³-hybridized carbons (Fsp3) is 0. The summed E-state index contributed by atoms with van der Waals surface area (Å²) in [7, 11) is 14.8. The molecular weight excluding hydrogens is 1220 g/mol. The zero-order valence-electron chi connectivity index (χ0n) is 42.5. The SMILES string of the molecule is O=C(C=Cc1ccccc1)[C](=Cc1ccccc1)[Pd]([C](=Cc1ccccc1)C(=O)C=Cc1ccccc1)[Pd]([Cl])([Cl])([PH](c1ccccc1)(c1ccccc1)c1ccccc1)[PH](c1ccccc1)(c1ccccc1)c1ccccc1. The van der Waals surface area contributed by atoms with E-state index in [1.807, 2.05) is 182 Å². The fourth-order valence-corrected chi connectivity index (χ4v) is 123. The van der Waals surface area contributed by atoms with Gasteiger partial charge in [-0.05, 0) is 0 Å². The molecule has 0 spiro atoms. The van der Waals surface area contributed by atoms with Gasteiger partial charge in [-0.1, -0.05) is 0 Å². The van der Waals surface area contributed by atoms with E-state index in [4.69, 9.17) is 0 Å². The van der Waals surface area contributed by atoms with Gasteiger partial charge in [0.1, 0.15) is 0 Å². The molecule has 0 heterocycles. The second-order valence-corrected chi connectivity index (χ2v) is 73.7. The minimum atomic E-state index is -6.25. The van der Waals surface area contributed by atoms with Crippen molar-refractivity contribution < 1.29 is 32.0 Å². The molecule has 2 nitrogen and oxygen atoms in total. The molecule has 10 aromatic carbocycles. The monoisotopic (exact) mass is 1270 g/mol. The van der Waals surface area contributed by atoms with Crippen LogP contribution in [-0.4, -0.2) is 11.6 Å². The molecule has 10 aromatic rings. The molecule has 0 saturated heterocycles. The number of rotatable bonds is 19. The summed E-state index contributed by atoms with van der Waals surface area (Å²) in [4.78, 5) is 33.7. The predicted octanol–water partition coefficient (Wildman–Crippen LogP) is 15.4. The van der Waals surface area contributed by atoms with Gasteiger partial charge in [0.05, 0.1) is 0 Å². The molecule has 10 rings (SSSR count). The first-order valence-electron chi connectivity index (χ1n) is 25.5. The Labute approximate surface area is 471 Å². The van der Waals surface area contributed by atoms with Crippen LogP contribution in [0.4, 0.5) is 0 Å². The van der Waals surface area contributed by atoms with Crippen molar-refractivity contribution in [2.24, 2.45) is 0 Å². The molecule has 394 valence electrons. The first-order chi connectivity index (χ1) is 38.3. The standard InChI is InChI=1S/2C18H15P.2C17H13O.2ClH.2Pd/c2*1-4-10-16(11-5-1)19(17-12-6-2-7-13-17)18-14-8-3-9-15-18;2*18-17(13-11-15-7-3-1-4-8-15)14-12-16-9-5-2-6-10-16;;;;/h2*1-15H;2*1-13H;2*1H;;. The van der Waals surface area contributed by atoms with Gasteiger partial charge in [0.15, 0.2) is 0 Å². The second-order valence-electron chi connectivity index (χ2n) is 18.1. The quantitative estimate of drug-likeness (QED) is 0.0459. The summed E-state index contributed by atoms with van der Waals surface area (Å²) in [6.45, 7) is 0. The van der Waals surface area contributed by atoms with Gasteiger partial charge in [-0.2, -0.15) is 0 Å². The van der Waals surface area contributed by atoms with Crippen LogP contribution in [0, 0.1) is 0 Å². The van der Waals surface area contributed by atoms with Crippen LogP contribution >= 0.6 is 30.0 Å². The summed E-state index contributed by atoms with van der Waals surface area (Å²) in [5.41, 5.74) is -5.35. The molecule has 0 amide bonds. The number of benzene rings is 10. The number of carbonyl (C=O) groups is 2. The van der Waals surface area contributed by atoms with Crippen LogP contribution in [0.5, 0.6) is 0 Å². The van der Waals surface area contributed by atoms with E-state index in [1.54, 1.807) is 12.2 Å². The third kappa shape index (κ3) is 10.5. The van der Waals surface area contributed by atoms with Gasteiger partial charge in [-0.25, -0.2) is 0 Å². The van der Waals surface area contributed by atoms with Crippen molar-refractivity contribution >= 4 is 97.7 Å². The average Bonchev–Trinajstić information content (AvgIpc) is 1.41. The van der Waals surface area contributed by atoms with Crippen LogP contribution in [0.1, 0.15) is 22.3 Å². The molecule has 0 aliphatic rings. The zero-order chi connectivity index (χ0) is 53.7. The van der Waals surface area contributed by atoms with E-state index >= 15 is 9.59 Å². The third-order valence-electron chi connectivity index (χ3n) is 13.2. The van der Waals surface area contributed by atoms with Crippen LogP contribution < -0.4 is 31.8 Å². The molecule has 0 atom stereocenters. The van der Waals surface area contributed by atoms with E-state index in [2.05, 4.69) is 146 Å². The van der Waals surface area contributed by atoms with Crippen LogP contribution in [0.15, 0.2) is 324 Å². The maximum atomic E-state index is 16.8. The summed E-state index contributed by atoms with van der Waals surface area (Å²) in [6, 6.07) is 104. The Balaban J connectivity index is 1.55. The number of ketones is 2. The van der Waals surface area contributed by atoms with Crippen molar-refractivity contribution in [3.63, 3.8) is 0 Å². The number of halogens is 2. The van der Waals surface area contributed by atoms with Gasteiger partial charge < -0.3 is 0 Å². The third-order valence-corrected chi connectivity index (χ3v) is 98.5. The summed E-state index contributed by atoms with van der Waals surface area (Å²) < 4.78 is 0.843. The number of hydrogen-bond acceptors (Lipinski definition) is 2. The van der Waals surface area contributed by atoms with Gasteiger partial charge in [0, 0.05) is 0 Å². The van der Waals surface area contributed by atoms with Crippen molar-refractivity contribution in [2.45, 2.75) is 0 Å².